The zero-order valence-electron chi connectivity index (χ0n) is 16.8. The lowest BCUT2D eigenvalue weighted by molar-refractivity contribution is -0.167. The molecular weight excluding hydrogens is 448 g/mol. The number of halogens is 5. The highest BCUT2D eigenvalue weighted by Crippen LogP contribution is 2.28. The molecule has 2 aromatic rings. The van der Waals surface area contributed by atoms with Crippen LogP contribution in [0, 0.1) is 0 Å². The molecule has 0 aliphatic carbocycles. The first-order valence-corrected chi connectivity index (χ1v) is 10.8. The number of nitrogens with one attached hydrogen (secondary N) is 1. The Morgan fingerprint density at radius 2 is 1.65 bits per heavy atom. The number of benzene rings is 2. The van der Waals surface area contributed by atoms with Gasteiger partial charge >= 0.3 is 6.18 Å². The predicted molar refractivity (Wildman–Crippen MR) is 117 cm³/mol. The molecule has 0 fully saturated rings. The van der Waals surface area contributed by atoms with Gasteiger partial charge in [-0.15, -0.1) is 0 Å². The van der Waals surface area contributed by atoms with Crippen LogP contribution in [0.5, 0.6) is 0 Å². The summed E-state index contributed by atoms with van der Waals surface area (Å²) in [5.74, 6) is -1.77. The summed E-state index contributed by atoms with van der Waals surface area (Å²) in [5.41, 5.74) is 1.85. The van der Waals surface area contributed by atoms with Crippen molar-refractivity contribution < 1.29 is 18.0 Å². The number of hydrogen-bond acceptors (Lipinski definition) is 3. The van der Waals surface area contributed by atoms with E-state index in [1.165, 1.54) is 6.20 Å². The Kier molecular flexibility index (Phi) is 8.03. The second kappa shape index (κ2) is 10.5. The second-order valence-electron chi connectivity index (χ2n) is 7.49. The van der Waals surface area contributed by atoms with Crippen LogP contribution in [0.25, 0.3) is 0 Å². The van der Waals surface area contributed by atoms with Crippen molar-refractivity contribution in [1.29, 1.82) is 0 Å². The molecule has 0 aromatic heterocycles. The van der Waals surface area contributed by atoms with Crippen molar-refractivity contribution in [2.45, 2.75) is 38.0 Å². The molecule has 1 unspecified atom stereocenters. The van der Waals surface area contributed by atoms with Crippen molar-refractivity contribution in [2.75, 3.05) is 13.1 Å². The summed E-state index contributed by atoms with van der Waals surface area (Å²) >= 11 is 12.0. The molecule has 8 heteroatoms. The Morgan fingerprint density at radius 3 is 2.23 bits per heavy atom. The first-order valence-electron chi connectivity index (χ1n) is 10.0. The van der Waals surface area contributed by atoms with Crippen molar-refractivity contribution >= 4 is 29.0 Å². The third-order valence-corrected chi connectivity index (χ3v) is 5.66. The van der Waals surface area contributed by atoms with Crippen LogP contribution in [0.4, 0.5) is 13.2 Å². The number of ketones is 1. The number of rotatable bonds is 8. The standard InChI is InChI=1S/C23H23Cl2F3N2O/c24-19-5-1-3-16(13-19)9-11-29-21-8-7-18(22(31)23(26,27)28)15-30(21)12-10-17-4-2-6-20(25)14-17/h1-6,13-15,21,29H,7-12H2. The Balaban J connectivity index is 1.68. The van der Waals surface area contributed by atoms with Crippen LogP contribution in [-0.2, 0) is 17.6 Å². The van der Waals surface area contributed by atoms with Gasteiger partial charge in [-0.1, -0.05) is 47.5 Å². The third-order valence-electron chi connectivity index (χ3n) is 5.19. The van der Waals surface area contributed by atoms with Gasteiger partial charge in [0.1, 0.15) is 0 Å². The Hall–Kier alpha value is -2.02. The molecule has 1 aliphatic heterocycles. The fourth-order valence-corrected chi connectivity index (χ4v) is 4.06. The largest absolute Gasteiger partial charge is 0.454 e. The molecule has 2 aromatic carbocycles. The zero-order chi connectivity index (χ0) is 22.4. The molecule has 3 rings (SSSR count). The smallest absolute Gasteiger partial charge is 0.361 e. The van der Waals surface area contributed by atoms with Crippen LogP contribution in [0.2, 0.25) is 10.0 Å². The molecule has 0 bridgehead atoms. The summed E-state index contributed by atoms with van der Waals surface area (Å²) in [6.07, 6.45) is -1.84. The van der Waals surface area contributed by atoms with E-state index in [1.807, 2.05) is 36.4 Å². The van der Waals surface area contributed by atoms with Gasteiger partial charge in [0.15, 0.2) is 0 Å². The van der Waals surface area contributed by atoms with Crippen molar-refractivity contribution in [1.82, 2.24) is 10.2 Å². The second-order valence-corrected chi connectivity index (χ2v) is 8.36. The summed E-state index contributed by atoms with van der Waals surface area (Å²) in [5, 5.41) is 4.68. The molecular formula is C23H23Cl2F3N2O. The van der Waals surface area contributed by atoms with Gasteiger partial charge in [0, 0.05) is 34.9 Å². The van der Waals surface area contributed by atoms with Crippen LogP contribution in [0.15, 0.2) is 60.3 Å². The Labute approximate surface area is 189 Å². The molecule has 0 saturated heterocycles. The minimum Gasteiger partial charge on any atom is -0.361 e. The van der Waals surface area contributed by atoms with E-state index in [9.17, 15) is 18.0 Å². The van der Waals surface area contributed by atoms with Crippen molar-refractivity contribution in [3.63, 3.8) is 0 Å². The first kappa shape index (κ1) is 23.6. The summed E-state index contributed by atoms with van der Waals surface area (Å²) in [6.45, 7) is 1.10. The molecule has 1 atom stereocenters. The van der Waals surface area contributed by atoms with Crippen molar-refractivity contribution in [3.05, 3.63) is 81.5 Å². The van der Waals surface area contributed by atoms with Crippen molar-refractivity contribution in [2.24, 2.45) is 0 Å². The van der Waals surface area contributed by atoms with E-state index in [2.05, 4.69) is 5.32 Å². The molecule has 166 valence electrons. The zero-order valence-corrected chi connectivity index (χ0v) is 18.3. The van der Waals surface area contributed by atoms with E-state index >= 15 is 0 Å². The molecule has 0 saturated carbocycles. The van der Waals surface area contributed by atoms with E-state index in [-0.39, 0.29) is 18.2 Å². The molecule has 3 nitrogen and oxygen atoms in total. The molecule has 1 aliphatic rings. The maximum absolute atomic E-state index is 12.9. The van der Waals surface area contributed by atoms with E-state index < -0.39 is 12.0 Å². The monoisotopic (exact) mass is 470 g/mol. The van der Waals surface area contributed by atoms with Gasteiger partial charge in [-0.2, -0.15) is 13.2 Å². The maximum Gasteiger partial charge on any atom is 0.454 e. The van der Waals surface area contributed by atoms with Gasteiger partial charge < -0.3 is 4.90 Å². The lowest BCUT2D eigenvalue weighted by atomic mass is 10.00. The minimum atomic E-state index is -4.86. The molecule has 0 amide bonds. The minimum absolute atomic E-state index is 0.0842. The fraction of sp³-hybridized carbons (Fsp3) is 0.348. The number of Topliss-reactive ketones (excluding diaryl/α,β-unsaturated/α-hetero) is 1. The van der Waals surface area contributed by atoms with Crippen LogP contribution in [0.3, 0.4) is 0 Å². The molecule has 31 heavy (non-hydrogen) atoms. The van der Waals surface area contributed by atoms with Crippen molar-refractivity contribution in [3.8, 4) is 0 Å². The number of alkyl halides is 3. The average molecular weight is 471 g/mol. The number of hydrogen-bond donors (Lipinski definition) is 1. The SMILES string of the molecule is O=C(C1=CN(CCc2cccc(Cl)c2)C(NCCc2cccc(Cl)c2)CC1)C(F)(F)F. The van der Waals surface area contributed by atoms with E-state index in [0.717, 1.165) is 17.5 Å². The van der Waals surface area contributed by atoms with E-state index in [0.29, 0.717) is 36.0 Å². The summed E-state index contributed by atoms with van der Waals surface area (Å²) in [4.78, 5) is 13.5. The maximum atomic E-state index is 12.9. The quantitative estimate of drug-likeness (QED) is 0.528. The van der Waals surface area contributed by atoms with Crippen LogP contribution >= 0.6 is 23.2 Å². The van der Waals surface area contributed by atoms with Gasteiger partial charge in [-0.05, 0) is 61.1 Å². The van der Waals surface area contributed by atoms with E-state index in [1.54, 1.807) is 17.0 Å². The van der Waals surface area contributed by atoms with Crippen LogP contribution in [-0.4, -0.2) is 36.1 Å². The normalized spacial score (nSPS) is 16.9. The van der Waals surface area contributed by atoms with Gasteiger partial charge in [-0.25, -0.2) is 0 Å². The van der Waals surface area contributed by atoms with Gasteiger partial charge in [0.25, 0.3) is 5.78 Å². The number of carbonyl (C=O) groups excluding carboxylic acids is 1. The molecule has 0 spiro atoms. The number of allylic oxidation sites excluding steroid dienone is 1. The lowest BCUT2D eigenvalue weighted by Gasteiger charge is -2.36. The van der Waals surface area contributed by atoms with Gasteiger partial charge in [0.05, 0.1) is 6.17 Å². The fourth-order valence-electron chi connectivity index (χ4n) is 3.63. The summed E-state index contributed by atoms with van der Waals surface area (Å²) in [6, 6.07) is 14.9. The highest BCUT2D eigenvalue weighted by Gasteiger charge is 2.41. The van der Waals surface area contributed by atoms with Gasteiger partial charge in [0.2, 0.25) is 0 Å². The first-order chi connectivity index (χ1) is 14.7. The molecule has 1 heterocycles. The average Bonchev–Trinajstić information content (AvgIpc) is 2.72. The highest BCUT2D eigenvalue weighted by molar-refractivity contribution is 6.30. The molecule has 0 radical (unpaired) electrons. The van der Waals surface area contributed by atoms with E-state index in [4.69, 9.17) is 23.2 Å². The third kappa shape index (κ3) is 6.99. The molecule has 1 N–H and O–H groups in total. The van der Waals surface area contributed by atoms with Gasteiger partial charge in [-0.3, -0.25) is 10.1 Å². The lowest BCUT2D eigenvalue weighted by Crippen LogP contribution is -2.47. The number of carbonyl (C=O) groups is 1. The highest BCUT2D eigenvalue weighted by atomic mass is 35.5. The Morgan fingerprint density at radius 1 is 1.03 bits per heavy atom. The topological polar surface area (TPSA) is 32.3 Å². The summed E-state index contributed by atoms with van der Waals surface area (Å²) in [7, 11) is 0. The predicted octanol–water partition coefficient (Wildman–Crippen LogP) is 5.81. The number of nitrogens with zero attached hydrogens (tertiary/aromatic N) is 1. The van der Waals surface area contributed by atoms with Crippen LogP contribution < -0.4 is 5.32 Å². The van der Waals surface area contributed by atoms with Crippen LogP contribution in [0.1, 0.15) is 24.0 Å². The Bertz CT molecular complexity index is 946. The summed E-state index contributed by atoms with van der Waals surface area (Å²) < 4.78 is 38.8.